The maximum absolute atomic E-state index is 5.16. The summed E-state index contributed by atoms with van der Waals surface area (Å²) in [6.45, 7) is 0. The first-order chi connectivity index (χ1) is 5.68. The second-order valence-electron chi connectivity index (χ2n) is 1.90. The lowest BCUT2D eigenvalue weighted by Crippen LogP contribution is -2.23. The molecule has 0 aliphatic rings. The maximum atomic E-state index is 5.16. The lowest BCUT2D eigenvalue weighted by Gasteiger charge is -1.91. The Kier molecular flexibility index (Phi) is 3.64. The Labute approximate surface area is 87.8 Å². The van der Waals surface area contributed by atoms with Crippen LogP contribution in [0.5, 0.6) is 0 Å². The van der Waals surface area contributed by atoms with Crippen molar-refractivity contribution in [3.8, 4) is 0 Å². The van der Waals surface area contributed by atoms with Gasteiger partial charge in [-0.25, -0.2) is 0 Å². The van der Waals surface area contributed by atoms with Gasteiger partial charge < -0.3 is 5.73 Å². The molecule has 1 aromatic heterocycles. The van der Waals surface area contributed by atoms with Gasteiger partial charge in [0.05, 0.1) is 6.21 Å². The van der Waals surface area contributed by atoms with Crippen molar-refractivity contribution in [3.63, 3.8) is 0 Å². The third kappa shape index (κ3) is 3.29. The second-order valence-corrected chi connectivity index (χ2v) is 4.20. The summed E-state index contributed by atoms with van der Waals surface area (Å²) in [5.74, 6) is 0. The molecule has 0 saturated heterocycles. The summed E-state index contributed by atoms with van der Waals surface area (Å²) in [7, 11) is 0. The molecule has 0 aliphatic carbocycles. The van der Waals surface area contributed by atoms with Crippen molar-refractivity contribution in [2.75, 3.05) is 0 Å². The van der Waals surface area contributed by atoms with E-state index in [0.29, 0.717) is 0 Å². The molecule has 1 heterocycles. The van der Waals surface area contributed by atoms with Crippen LogP contribution >= 0.6 is 39.5 Å². The van der Waals surface area contributed by atoms with Gasteiger partial charge in [0.25, 0.3) is 0 Å². The van der Waals surface area contributed by atoms with Crippen molar-refractivity contribution in [2.45, 2.75) is 0 Å². The van der Waals surface area contributed by atoms with Gasteiger partial charge in [0.15, 0.2) is 5.11 Å². The van der Waals surface area contributed by atoms with Crippen LogP contribution in [-0.4, -0.2) is 11.3 Å². The molecule has 0 fully saturated rings. The largest absolute Gasteiger partial charge is 0.375 e. The molecule has 64 valence electrons. The SMILES string of the molecule is NC(=S)NN=Cc1cc(Br)cs1. The molecule has 0 unspecified atom stereocenters. The first-order valence-electron chi connectivity index (χ1n) is 3.01. The predicted molar refractivity (Wildman–Crippen MR) is 59.5 cm³/mol. The van der Waals surface area contributed by atoms with Gasteiger partial charge in [-0.15, -0.1) is 11.3 Å². The van der Waals surface area contributed by atoms with E-state index < -0.39 is 0 Å². The molecule has 0 atom stereocenters. The third-order valence-electron chi connectivity index (χ3n) is 0.954. The lowest BCUT2D eigenvalue weighted by molar-refractivity contribution is 1.04. The highest BCUT2D eigenvalue weighted by molar-refractivity contribution is 9.10. The van der Waals surface area contributed by atoms with E-state index in [2.05, 4.69) is 38.7 Å². The van der Waals surface area contributed by atoms with E-state index in [-0.39, 0.29) is 5.11 Å². The Morgan fingerprint density at radius 3 is 3.08 bits per heavy atom. The van der Waals surface area contributed by atoms with E-state index in [1.54, 1.807) is 17.6 Å². The molecular formula is C6H6BrN3S2. The quantitative estimate of drug-likeness (QED) is 0.485. The van der Waals surface area contributed by atoms with Crippen molar-refractivity contribution in [3.05, 3.63) is 20.8 Å². The number of nitrogens with two attached hydrogens (primary N) is 1. The minimum absolute atomic E-state index is 0.168. The average Bonchev–Trinajstić information content (AvgIpc) is 2.35. The Hall–Kier alpha value is -0.460. The van der Waals surface area contributed by atoms with Gasteiger partial charge in [0, 0.05) is 14.7 Å². The highest BCUT2D eigenvalue weighted by Gasteiger charge is 1.92. The smallest absolute Gasteiger partial charge is 0.184 e. The van der Waals surface area contributed by atoms with Gasteiger partial charge in [0.2, 0.25) is 0 Å². The van der Waals surface area contributed by atoms with Crippen molar-refractivity contribution in [1.29, 1.82) is 0 Å². The zero-order valence-corrected chi connectivity index (χ0v) is 9.17. The molecule has 0 aliphatic heterocycles. The van der Waals surface area contributed by atoms with E-state index in [9.17, 15) is 0 Å². The molecule has 1 rings (SSSR count). The van der Waals surface area contributed by atoms with Crippen LogP contribution < -0.4 is 11.2 Å². The fourth-order valence-electron chi connectivity index (χ4n) is 0.555. The van der Waals surface area contributed by atoms with Crippen LogP contribution in [0.3, 0.4) is 0 Å². The molecular weight excluding hydrogens is 258 g/mol. The van der Waals surface area contributed by atoms with Gasteiger partial charge in [0.1, 0.15) is 0 Å². The Bertz CT molecular complexity index is 307. The maximum Gasteiger partial charge on any atom is 0.184 e. The number of halogens is 1. The highest BCUT2D eigenvalue weighted by atomic mass is 79.9. The monoisotopic (exact) mass is 263 g/mol. The molecule has 0 bridgehead atoms. The number of rotatable bonds is 2. The average molecular weight is 264 g/mol. The van der Waals surface area contributed by atoms with E-state index >= 15 is 0 Å². The van der Waals surface area contributed by atoms with Crippen LogP contribution in [0.1, 0.15) is 4.88 Å². The van der Waals surface area contributed by atoms with Crippen LogP contribution in [0.2, 0.25) is 0 Å². The summed E-state index contributed by atoms with van der Waals surface area (Å²) in [4.78, 5) is 1.03. The van der Waals surface area contributed by atoms with E-state index in [1.807, 2.05) is 11.4 Å². The molecule has 6 heteroatoms. The van der Waals surface area contributed by atoms with Crippen molar-refractivity contribution in [2.24, 2.45) is 10.8 Å². The second kappa shape index (κ2) is 4.54. The van der Waals surface area contributed by atoms with Gasteiger partial charge in [-0.1, -0.05) is 0 Å². The van der Waals surface area contributed by atoms with Crippen LogP contribution in [0.25, 0.3) is 0 Å². The summed E-state index contributed by atoms with van der Waals surface area (Å²) in [6, 6.07) is 1.95. The number of hydrogen-bond donors (Lipinski definition) is 2. The van der Waals surface area contributed by atoms with Crippen LogP contribution in [0.4, 0.5) is 0 Å². The Morgan fingerprint density at radius 2 is 2.58 bits per heavy atom. The van der Waals surface area contributed by atoms with Crippen molar-refractivity contribution < 1.29 is 0 Å². The zero-order valence-electron chi connectivity index (χ0n) is 5.95. The van der Waals surface area contributed by atoms with Crippen molar-refractivity contribution in [1.82, 2.24) is 5.43 Å². The standard InChI is InChI=1S/C6H6BrN3S2/c7-4-1-5(12-3-4)2-9-10-6(8)11/h1-3H,(H3,8,10,11). The minimum Gasteiger partial charge on any atom is -0.375 e. The molecule has 3 N–H and O–H groups in total. The fraction of sp³-hybridized carbons (Fsp3) is 0. The van der Waals surface area contributed by atoms with Crippen LogP contribution in [-0.2, 0) is 0 Å². The molecule has 0 aromatic carbocycles. The third-order valence-corrected chi connectivity index (χ3v) is 2.67. The van der Waals surface area contributed by atoms with Gasteiger partial charge in [-0.3, -0.25) is 5.43 Å². The first kappa shape index (κ1) is 9.63. The molecule has 1 aromatic rings. The number of nitrogens with zero attached hydrogens (tertiary/aromatic N) is 1. The number of thiocarbonyl (C=S) groups is 1. The zero-order chi connectivity index (χ0) is 8.97. The van der Waals surface area contributed by atoms with Crippen LogP contribution in [0.15, 0.2) is 21.0 Å². The van der Waals surface area contributed by atoms with Gasteiger partial charge in [-0.2, -0.15) is 5.10 Å². The first-order valence-corrected chi connectivity index (χ1v) is 5.09. The topological polar surface area (TPSA) is 50.4 Å². The number of thiophene rings is 1. The van der Waals surface area contributed by atoms with E-state index in [1.165, 1.54) is 0 Å². The molecule has 0 amide bonds. The minimum atomic E-state index is 0.168. The summed E-state index contributed by atoms with van der Waals surface area (Å²) in [5, 5.41) is 5.95. The van der Waals surface area contributed by atoms with Crippen molar-refractivity contribution >= 4 is 50.8 Å². The van der Waals surface area contributed by atoms with Gasteiger partial charge in [-0.05, 0) is 34.2 Å². The summed E-state index contributed by atoms with van der Waals surface area (Å²) >= 11 is 9.47. The predicted octanol–water partition coefficient (Wildman–Crippen LogP) is 1.68. The van der Waals surface area contributed by atoms with Gasteiger partial charge >= 0.3 is 0 Å². The number of hydrazone groups is 1. The van der Waals surface area contributed by atoms with E-state index in [4.69, 9.17) is 5.73 Å². The van der Waals surface area contributed by atoms with E-state index in [0.717, 1.165) is 9.35 Å². The molecule has 3 nitrogen and oxygen atoms in total. The summed E-state index contributed by atoms with van der Waals surface area (Å²) in [5.41, 5.74) is 7.64. The molecule has 0 spiro atoms. The molecule has 0 saturated carbocycles. The Balaban J connectivity index is 2.52. The molecule has 0 radical (unpaired) electrons. The summed E-state index contributed by atoms with van der Waals surface area (Å²) < 4.78 is 1.05. The lowest BCUT2D eigenvalue weighted by atomic mass is 10.5. The highest BCUT2D eigenvalue weighted by Crippen LogP contribution is 2.17. The Morgan fingerprint density at radius 1 is 1.83 bits per heavy atom. The summed E-state index contributed by atoms with van der Waals surface area (Å²) in [6.07, 6.45) is 1.66. The number of hydrogen-bond acceptors (Lipinski definition) is 3. The number of nitrogens with one attached hydrogen (secondary N) is 1. The normalized spacial score (nSPS) is 10.4. The molecule has 12 heavy (non-hydrogen) atoms. The van der Waals surface area contributed by atoms with Crippen LogP contribution in [0, 0.1) is 0 Å². The fourth-order valence-corrected chi connectivity index (χ4v) is 1.91.